The summed E-state index contributed by atoms with van der Waals surface area (Å²) in [5.41, 5.74) is 0.775. The Balaban J connectivity index is 3.55. The molecule has 2 nitrogen and oxygen atoms in total. The van der Waals surface area contributed by atoms with Crippen LogP contribution in [0.5, 0.6) is 0 Å². The number of aryl methyl sites for hydroxylation is 1. The summed E-state index contributed by atoms with van der Waals surface area (Å²) in [5, 5.41) is 0.0731. The second kappa shape index (κ2) is 4.61. The molecule has 0 aromatic heterocycles. The molecule has 0 aliphatic carbocycles. The first kappa shape index (κ1) is 13.9. The van der Waals surface area contributed by atoms with Crippen molar-refractivity contribution in [2.45, 2.75) is 6.92 Å². The monoisotopic (exact) mass is 324 g/mol. The van der Waals surface area contributed by atoms with Crippen LogP contribution in [-0.2, 0) is 9.13 Å². The van der Waals surface area contributed by atoms with Crippen LogP contribution in [0.3, 0.4) is 0 Å². The summed E-state index contributed by atoms with van der Waals surface area (Å²) in [6, 6.07) is 4.52. The van der Waals surface area contributed by atoms with Crippen LogP contribution in [0.1, 0.15) is 5.56 Å². The zero-order valence-corrected chi connectivity index (χ0v) is 12.3. The highest BCUT2D eigenvalue weighted by Gasteiger charge is 2.30. The van der Waals surface area contributed by atoms with Crippen molar-refractivity contribution in [1.29, 1.82) is 0 Å². The summed E-state index contributed by atoms with van der Waals surface area (Å²) >= 11 is 22.1. The zero-order chi connectivity index (χ0) is 11.9. The molecule has 0 heterocycles. The second-order valence-corrected chi connectivity index (χ2v) is 12.5. The molecule has 0 atom stereocenters. The highest BCUT2D eigenvalue weighted by molar-refractivity contribution is 8.17. The average molecular weight is 326 g/mol. The molecular weight excluding hydrogens is 320 g/mol. The van der Waals surface area contributed by atoms with Crippen molar-refractivity contribution in [1.82, 2.24) is 0 Å². The fourth-order valence-corrected chi connectivity index (χ4v) is 5.61. The van der Waals surface area contributed by atoms with Gasteiger partial charge in [-0.3, -0.25) is 9.13 Å². The first-order valence-corrected chi connectivity index (χ1v) is 10.8. The Morgan fingerprint density at radius 3 is 1.80 bits per heavy atom. The van der Waals surface area contributed by atoms with Gasteiger partial charge in [-0.05, 0) is 64.0 Å². The van der Waals surface area contributed by atoms with Gasteiger partial charge in [0.2, 0.25) is 0 Å². The predicted molar refractivity (Wildman–Crippen MR) is 69.1 cm³/mol. The van der Waals surface area contributed by atoms with Crippen LogP contribution in [0.4, 0.5) is 0 Å². The van der Waals surface area contributed by atoms with Crippen molar-refractivity contribution < 1.29 is 9.13 Å². The molecule has 0 spiro atoms. The lowest BCUT2D eigenvalue weighted by Gasteiger charge is -2.11. The zero-order valence-electron chi connectivity index (χ0n) is 7.45. The van der Waals surface area contributed by atoms with E-state index < -0.39 is 11.7 Å². The van der Waals surface area contributed by atoms with Gasteiger partial charge in [-0.25, -0.2) is 0 Å². The van der Waals surface area contributed by atoms with Crippen molar-refractivity contribution in [3.63, 3.8) is 0 Å². The smallest absolute Gasteiger partial charge is 0.282 e. The Morgan fingerprint density at radius 1 is 0.933 bits per heavy atom. The first-order chi connectivity index (χ1) is 6.62. The Bertz CT molecular complexity index is 476. The van der Waals surface area contributed by atoms with Gasteiger partial charge in [-0.1, -0.05) is 11.6 Å². The van der Waals surface area contributed by atoms with Gasteiger partial charge in [0.25, 0.3) is 11.7 Å². The minimum atomic E-state index is -3.58. The lowest BCUT2D eigenvalue weighted by Crippen LogP contribution is -2.19. The van der Waals surface area contributed by atoms with Crippen LogP contribution in [0.15, 0.2) is 18.2 Å². The van der Waals surface area contributed by atoms with Crippen LogP contribution >= 0.6 is 56.7 Å². The largest absolute Gasteiger partial charge is 0.284 e. The quantitative estimate of drug-likeness (QED) is 0.745. The van der Waals surface area contributed by atoms with E-state index in [4.69, 9.17) is 45.0 Å². The lowest BCUT2D eigenvalue weighted by molar-refractivity contribution is 0.595. The molecule has 0 bridgehead atoms. The Kier molecular flexibility index (Phi) is 4.27. The highest BCUT2D eigenvalue weighted by Crippen LogP contribution is 2.60. The number of hydrogen-bond donors (Lipinski definition) is 0. The van der Waals surface area contributed by atoms with Crippen molar-refractivity contribution in [2.24, 2.45) is 0 Å². The van der Waals surface area contributed by atoms with Gasteiger partial charge in [-0.2, -0.15) is 0 Å². The average Bonchev–Trinajstić information content (AvgIpc) is 2.00. The first-order valence-electron chi connectivity index (χ1n) is 3.73. The molecule has 0 N–H and O–H groups in total. The van der Waals surface area contributed by atoms with Crippen LogP contribution in [-0.4, -0.2) is 0 Å². The van der Waals surface area contributed by atoms with E-state index in [1.54, 1.807) is 13.0 Å². The Hall–Kier alpha value is 0.840. The maximum Gasteiger partial charge on any atom is 0.282 e. The van der Waals surface area contributed by atoms with E-state index in [1.807, 2.05) is 0 Å². The van der Waals surface area contributed by atoms with E-state index in [0.29, 0.717) is 0 Å². The normalized spacial score (nSPS) is 12.9. The van der Waals surface area contributed by atoms with Gasteiger partial charge in [0.15, 0.2) is 0 Å². The summed E-state index contributed by atoms with van der Waals surface area (Å²) in [7, 11) is 0. The number of hydrogen-bond acceptors (Lipinski definition) is 2. The van der Waals surface area contributed by atoms with Gasteiger partial charge < -0.3 is 0 Å². The molecule has 0 aliphatic rings. The van der Waals surface area contributed by atoms with Gasteiger partial charge in [0, 0.05) is 0 Å². The van der Waals surface area contributed by atoms with Crippen molar-refractivity contribution in [2.75, 3.05) is 0 Å². The maximum atomic E-state index is 11.5. The molecule has 0 fully saturated rings. The van der Waals surface area contributed by atoms with Gasteiger partial charge >= 0.3 is 0 Å². The molecule has 0 unspecified atom stereocenters. The minimum absolute atomic E-state index is 0.0322. The van der Waals surface area contributed by atoms with E-state index in [-0.39, 0.29) is 10.6 Å². The maximum absolute atomic E-state index is 11.5. The molecule has 0 saturated carbocycles. The summed E-state index contributed by atoms with van der Waals surface area (Å²) < 4.78 is 23.0. The second-order valence-electron chi connectivity index (χ2n) is 2.92. The van der Waals surface area contributed by atoms with E-state index in [2.05, 4.69) is 0 Å². The third-order valence-electron chi connectivity index (χ3n) is 1.69. The fraction of sp³-hybridized carbons (Fsp3) is 0.143. The summed E-state index contributed by atoms with van der Waals surface area (Å²) in [4.78, 5) is 0. The molecule has 1 aromatic carbocycles. The molecule has 0 radical (unpaired) electrons. The summed E-state index contributed by atoms with van der Waals surface area (Å²) in [6.45, 7) is 1.75. The minimum Gasteiger partial charge on any atom is -0.284 e. The third-order valence-corrected chi connectivity index (χ3v) is 5.94. The van der Waals surface area contributed by atoms with Crippen LogP contribution < -0.4 is 10.6 Å². The van der Waals surface area contributed by atoms with Crippen molar-refractivity contribution in [3.05, 3.63) is 23.8 Å². The predicted octanol–water partition coefficient (Wildman–Crippen LogP) is 4.59. The van der Waals surface area contributed by atoms with E-state index in [1.165, 1.54) is 12.1 Å². The molecule has 0 aliphatic heterocycles. The highest BCUT2D eigenvalue weighted by atomic mass is 35.9. The molecule has 0 amide bonds. The third kappa shape index (κ3) is 3.66. The van der Waals surface area contributed by atoms with Gasteiger partial charge in [-0.15, -0.1) is 0 Å². The molecule has 8 heteroatoms. The molecule has 0 saturated heterocycles. The number of benzene rings is 1. The van der Waals surface area contributed by atoms with E-state index >= 15 is 0 Å². The standard InChI is InChI=1S/C7H6Cl4O2P2/c1-5-2-3-6(14(8,9)12)7(4-5)15(10,11)13/h2-4H,1H3. The van der Waals surface area contributed by atoms with Crippen molar-refractivity contribution >= 4 is 67.3 Å². The molecule has 1 rings (SSSR count). The molecule has 1 aromatic rings. The molecule has 15 heavy (non-hydrogen) atoms. The van der Waals surface area contributed by atoms with E-state index in [0.717, 1.165) is 5.56 Å². The van der Waals surface area contributed by atoms with Gasteiger partial charge in [0.1, 0.15) is 0 Å². The SMILES string of the molecule is Cc1ccc(P(=O)(Cl)Cl)c(P(=O)(Cl)Cl)c1. The Labute approximate surface area is 107 Å². The topological polar surface area (TPSA) is 34.1 Å². The number of halogens is 4. The van der Waals surface area contributed by atoms with Crippen molar-refractivity contribution in [3.8, 4) is 0 Å². The van der Waals surface area contributed by atoms with Gasteiger partial charge in [0.05, 0.1) is 10.6 Å². The van der Waals surface area contributed by atoms with Crippen LogP contribution in [0.25, 0.3) is 0 Å². The fourth-order valence-electron chi connectivity index (χ4n) is 1.06. The van der Waals surface area contributed by atoms with E-state index in [9.17, 15) is 9.13 Å². The summed E-state index contributed by atoms with van der Waals surface area (Å²) in [5.74, 6) is -7.14. The molecule has 84 valence electrons. The van der Waals surface area contributed by atoms with Crippen LogP contribution in [0, 0.1) is 6.92 Å². The number of rotatable bonds is 2. The Morgan fingerprint density at radius 2 is 1.40 bits per heavy atom. The van der Waals surface area contributed by atoms with Crippen LogP contribution in [0.2, 0.25) is 0 Å². The lowest BCUT2D eigenvalue weighted by atomic mass is 10.2. The summed E-state index contributed by atoms with van der Waals surface area (Å²) in [6.07, 6.45) is 0. The molecular formula is C7H6Cl4O2P2.